The molecule has 0 aliphatic carbocycles. The van der Waals surface area contributed by atoms with Crippen LogP contribution in [0, 0.1) is 5.82 Å². The van der Waals surface area contributed by atoms with Crippen molar-refractivity contribution in [3.8, 4) is 17.0 Å². The number of nitrogens with one attached hydrogen (secondary N) is 2. The number of halogens is 3. The Morgan fingerprint density at radius 3 is 2.61 bits per heavy atom. The van der Waals surface area contributed by atoms with E-state index in [-0.39, 0.29) is 41.5 Å². The van der Waals surface area contributed by atoms with Crippen molar-refractivity contribution in [2.24, 2.45) is 5.73 Å². The Morgan fingerprint density at radius 2 is 1.97 bits per heavy atom. The SMILES string of the molecule is COc1ccc(F)cc1C(=O)NCc1ccc(-c2nn(C3CCNC(F)(F)C3)c(N)c2C(N)=O)cc1. The summed E-state index contributed by atoms with van der Waals surface area (Å²) in [4.78, 5) is 24.6. The average molecular weight is 502 g/mol. The Kier molecular flexibility index (Phi) is 6.88. The molecule has 2 amide bonds. The molecule has 36 heavy (non-hydrogen) atoms. The van der Waals surface area contributed by atoms with Gasteiger partial charge in [-0.2, -0.15) is 13.9 Å². The van der Waals surface area contributed by atoms with Gasteiger partial charge in [0.2, 0.25) is 0 Å². The number of hydrogen-bond donors (Lipinski definition) is 4. The molecule has 4 rings (SSSR count). The van der Waals surface area contributed by atoms with Crippen LogP contribution >= 0.6 is 0 Å². The zero-order chi connectivity index (χ0) is 26.0. The molecular formula is C24H25F3N6O3. The lowest BCUT2D eigenvalue weighted by Gasteiger charge is -2.30. The fraction of sp³-hybridized carbons (Fsp3) is 0.292. The van der Waals surface area contributed by atoms with Crippen molar-refractivity contribution in [3.63, 3.8) is 0 Å². The number of piperidine rings is 1. The number of anilines is 1. The lowest BCUT2D eigenvalue weighted by molar-refractivity contribution is -0.0726. The lowest BCUT2D eigenvalue weighted by Crippen LogP contribution is -2.44. The van der Waals surface area contributed by atoms with Gasteiger partial charge in [-0.15, -0.1) is 0 Å². The van der Waals surface area contributed by atoms with Crippen molar-refractivity contribution in [1.29, 1.82) is 0 Å². The summed E-state index contributed by atoms with van der Waals surface area (Å²) >= 11 is 0. The first-order valence-electron chi connectivity index (χ1n) is 11.1. The third kappa shape index (κ3) is 5.13. The van der Waals surface area contributed by atoms with Crippen molar-refractivity contribution >= 4 is 17.6 Å². The van der Waals surface area contributed by atoms with Crippen LogP contribution in [0.15, 0.2) is 42.5 Å². The second-order valence-corrected chi connectivity index (χ2v) is 8.42. The molecule has 190 valence electrons. The number of primary amides is 1. The van der Waals surface area contributed by atoms with Crippen molar-refractivity contribution in [1.82, 2.24) is 20.4 Å². The summed E-state index contributed by atoms with van der Waals surface area (Å²) in [5.41, 5.74) is 13.0. The Morgan fingerprint density at radius 1 is 1.25 bits per heavy atom. The van der Waals surface area contributed by atoms with Crippen LogP contribution in [-0.2, 0) is 6.54 Å². The van der Waals surface area contributed by atoms with Gasteiger partial charge in [0.25, 0.3) is 11.8 Å². The first-order valence-corrected chi connectivity index (χ1v) is 11.1. The Labute approximate surface area is 204 Å². The van der Waals surface area contributed by atoms with Gasteiger partial charge in [-0.05, 0) is 30.2 Å². The van der Waals surface area contributed by atoms with Gasteiger partial charge >= 0.3 is 6.05 Å². The number of nitrogens with two attached hydrogens (primary N) is 2. The predicted octanol–water partition coefficient (Wildman–Crippen LogP) is 2.83. The third-order valence-corrected chi connectivity index (χ3v) is 5.98. The highest BCUT2D eigenvalue weighted by atomic mass is 19.3. The third-order valence-electron chi connectivity index (χ3n) is 5.98. The summed E-state index contributed by atoms with van der Waals surface area (Å²) in [6.07, 6.45) is -0.168. The number of nitrogens with zero attached hydrogens (tertiary/aromatic N) is 2. The van der Waals surface area contributed by atoms with Crippen LogP contribution in [0.25, 0.3) is 11.3 Å². The first-order chi connectivity index (χ1) is 17.1. The van der Waals surface area contributed by atoms with E-state index in [1.54, 1.807) is 24.3 Å². The molecule has 0 radical (unpaired) electrons. The van der Waals surface area contributed by atoms with Crippen LogP contribution in [0.2, 0.25) is 0 Å². The summed E-state index contributed by atoms with van der Waals surface area (Å²) in [5, 5.41) is 9.20. The van der Waals surface area contributed by atoms with E-state index in [0.717, 1.165) is 6.07 Å². The number of rotatable bonds is 7. The van der Waals surface area contributed by atoms with Crippen LogP contribution in [0.5, 0.6) is 5.75 Å². The fourth-order valence-electron chi connectivity index (χ4n) is 4.19. The maximum atomic E-state index is 13.9. The number of methoxy groups -OCH3 is 1. The van der Waals surface area contributed by atoms with Gasteiger partial charge in [0.1, 0.15) is 28.6 Å². The van der Waals surface area contributed by atoms with Crippen LogP contribution in [-0.4, -0.2) is 41.3 Å². The number of nitrogen functional groups attached to an aromatic ring is 1. The van der Waals surface area contributed by atoms with Crippen LogP contribution in [0.3, 0.4) is 0 Å². The number of hydrogen-bond acceptors (Lipinski definition) is 6. The molecule has 12 heteroatoms. The van der Waals surface area contributed by atoms with Gasteiger partial charge in [0, 0.05) is 25.1 Å². The minimum absolute atomic E-state index is 0.0453. The summed E-state index contributed by atoms with van der Waals surface area (Å²) in [6.45, 7) is 0.197. The summed E-state index contributed by atoms with van der Waals surface area (Å²) in [5.74, 6) is -1.74. The second-order valence-electron chi connectivity index (χ2n) is 8.42. The Balaban J connectivity index is 1.54. The molecule has 1 fully saturated rings. The number of amides is 2. The van der Waals surface area contributed by atoms with Gasteiger partial charge in [-0.25, -0.2) is 9.07 Å². The molecule has 3 aromatic rings. The Bertz CT molecular complexity index is 1290. The summed E-state index contributed by atoms with van der Waals surface area (Å²) in [7, 11) is 1.38. The fourth-order valence-corrected chi connectivity index (χ4v) is 4.19. The van der Waals surface area contributed by atoms with Gasteiger partial charge in [0.05, 0.1) is 18.7 Å². The minimum Gasteiger partial charge on any atom is -0.496 e. The van der Waals surface area contributed by atoms with Crippen molar-refractivity contribution < 1.29 is 27.5 Å². The molecule has 9 nitrogen and oxygen atoms in total. The van der Waals surface area contributed by atoms with E-state index < -0.39 is 36.1 Å². The highest BCUT2D eigenvalue weighted by molar-refractivity contribution is 6.03. The number of ether oxygens (including phenoxy) is 1. The normalized spacial score (nSPS) is 16.9. The Hall–Kier alpha value is -4.06. The van der Waals surface area contributed by atoms with Gasteiger partial charge in [0.15, 0.2) is 0 Å². The van der Waals surface area contributed by atoms with E-state index in [1.165, 1.54) is 23.9 Å². The standard InChI is InChI=1S/C24H25F3N6O3/c1-36-18-7-6-15(25)10-17(18)23(35)30-12-13-2-4-14(5-3-13)20-19(22(29)34)21(28)33(32-20)16-8-9-31-24(26,27)11-16/h2-7,10,16,31H,8-9,11-12,28H2,1H3,(H2,29,34)(H,30,35). The molecular weight excluding hydrogens is 477 g/mol. The van der Waals surface area contributed by atoms with E-state index in [1.807, 2.05) is 0 Å². The smallest absolute Gasteiger partial charge is 0.304 e. The monoisotopic (exact) mass is 502 g/mol. The molecule has 2 aromatic carbocycles. The number of carbonyl (C=O) groups excluding carboxylic acids is 2. The molecule has 1 aliphatic heterocycles. The second kappa shape index (κ2) is 9.90. The van der Waals surface area contributed by atoms with Gasteiger partial charge in [-0.1, -0.05) is 24.3 Å². The van der Waals surface area contributed by atoms with Crippen molar-refractivity contribution in [3.05, 3.63) is 65.0 Å². The largest absolute Gasteiger partial charge is 0.496 e. The van der Waals surface area contributed by atoms with E-state index in [4.69, 9.17) is 16.2 Å². The highest BCUT2D eigenvalue weighted by Gasteiger charge is 2.38. The molecule has 0 saturated carbocycles. The average Bonchev–Trinajstić information content (AvgIpc) is 3.19. The zero-order valence-electron chi connectivity index (χ0n) is 19.4. The van der Waals surface area contributed by atoms with E-state index in [0.29, 0.717) is 17.5 Å². The summed E-state index contributed by atoms with van der Waals surface area (Å²) < 4.78 is 47.6. The minimum atomic E-state index is -3.07. The molecule has 1 aliphatic rings. The van der Waals surface area contributed by atoms with Crippen molar-refractivity contribution in [2.75, 3.05) is 19.4 Å². The van der Waals surface area contributed by atoms with Gasteiger partial charge < -0.3 is 21.5 Å². The molecule has 0 bridgehead atoms. The molecule has 6 N–H and O–H groups in total. The van der Waals surface area contributed by atoms with Crippen LogP contribution < -0.4 is 26.8 Å². The van der Waals surface area contributed by atoms with Crippen molar-refractivity contribution in [2.45, 2.75) is 31.5 Å². The molecule has 2 heterocycles. The number of alkyl halides is 2. The molecule has 1 aromatic heterocycles. The topological polar surface area (TPSA) is 137 Å². The quantitative estimate of drug-likeness (QED) is 0.367. The first kappa shape index (κ1) is 25.0. The molecule has 1 saturated heterocycles. The van der Waals surface area contributed by atoms with E-state index >= 15 is 0 Å². The predicted molar refractivity (Wildman–Crippen MR) is 126 cm³/mol. The van der Waals surface area contributed by atoms with Crippen LogP contribution in [0.4, 0.5) is 19.0 Å². The van der Waals surface area contributed by atoms with E-state index in [2.05, 4.69) is 15.7 Å². The molecule has 1 atom stereocenters. The maximum absolute atomic E-state index is 13.9. The van der Waals surface area contributed by atoms with Crippen LogP contribution in [0.1, 0.15) is 45.2 Å². The van der Waals surface area contributed by atoms with Gasteiger partial charge in [-0.3, -0.25) is 14.9 Å². The summed E-state index contributed by atoms with van der Waals surface area (Å²) in [6, 6.07) is 6.55. The number of benzene rings is 2. The van der Waals surface area contributed by atoms with E-state index in [9.17, 15) is 22.8 Å². The number of carbonyl (C=O) groups is 2. The zero-order valence-corrected chi connectivity index (χ0v) is 19.4. The number of aromatic nitrogens is 2. The highest BCUT2D eigenvalue weighted by Crippen LogP contribution is 2.35. The maximum Gasteiger partial charge on any atom is 0.304 e. The lowest BCUT2D eigenvalue weighted by atomic mass is 10.0. The molecule has 0 spiro atoms. The molecule has 1 unspecified atom stereocenters.